The number of methoxy groups -OCH3 is 1. The lowest BCUT2D eigenvalue weighted by atomic mass is 10.0. The number of aromatic nitrogens is 2. The van der Waals surface area contributed by atoms with E-state index < -0.39 is 6.09 Å². The topological polar surface area (TPSA) is 90.7 Å². The van der Waals surface area contributed by atoms with Gasteiger partial charge in [0.25, 0.3) is 0 Å². The number of rotatable bonds is 8. The van der Waals surface area contributed by atoms with Crippen LogP contribution in [-0.4, -0.2) is 40.4 Å². The first-order valence-corrected chi connectivity index (χ1v) is 9.41. The van der Waals surface area contributed by atoms with Gasteiger partial charge in [0.1, 0.15) is 11.6 Å². The fourth-order valence-corrected chi connectivity index (χ4v) is 2.84. The number of carboxylic acid groups (broad SMARTS) is 1. The van der Waals surface area contributed by atoms with Crippen LogP contribution in [0.1, 0.15) is 24.2 Å². The van der Waals surface area contributed by atoms with Crippen molar-refractivity contribution < 1.29 is 24.2 Å². The third kappa shape index (κ3) is 5.57. The molecule has 0 fully saturated rings. The predicted molar refractivity (Wildman–Crippen MR) is 113 cm³/mol. The highest BCUT2D eigenvalue weighted by Crippen LogP contribution is 2.24. The van der Waals surface area contributed by atoms with Gasteiger partial charge < -0.3 is 14.6 Å². The van der Waals surface area contributed by atoms with Crippen molar-refractivity contribution in [2.75, 3.05) is 13.7 Å². The lowest BCUT2D eigenvalue weighted by molar-refractivity contribution is -0.140. The number of imidazole rings is 1. The molecule has 0 aliphatic carbocycles. The van der Waals surface area contributed by atoms with E-state index in [9.17, 15) is 9.59 Å². The van der Waals surface area contributed by atoms with Gasteiger partial charge in [-0.2, -0.15) is 0 Å². The van der Waals surface area contributed by atoms with Gasteiger partial charge >= 0.3 is 12.1 Å². The van der Waals surface area contributed by atoms with E-state index in [0.29, 0.717) is 25.3 Å². The summed E-state index contributed by atoms with van der Waals surface area (Å²) in [5, 5.41) is 9.13. The molecular weight excluding hydrogens is 384 g/mol. The molecule has 0 spiro atoms. The maximum atomic E-state index is 11.1. The number of esters is 1. The van der Waals surface area contributed by atoms with E-state index in [-0.39, 0.29) is 5.97 Å². The molecule has 0 amide bonds. The molecule has 7 heteroatoms. The molecule has 0 unspecified atom stereocenters. The minimum Gasteiger partial charge on any atom is -0.494 e. The van der Waals surface area contributed by atoms with E-state index in [2.05, 4.69) is 9.72 Å². The van der Waals surface area contributed by atoms with Crippen molar-refractivity contribution in [1.82, 2.24) is 9.55 Å². The summed E-state index contributed by atoms with van der Waals surface area (Å²) in [6.07, 6.45) is 6.20. The van der Waals surface area contributed by atoms with Crippen LogP contribution in [0, 0.1) is 0 Å². The molecular formula is C23H22N2O5. The quantitative estimate of drug-likeness (QED) is 0.435. The van der Waals surface area contributed by atoms with Crippen LogP contribution in [0.5, 0.6) is 5.75 Å². The monoisotopic (exact) mass is 406 g/mol. The summed E-state index contributed by atoms with van der Waals surface area (Å²) in [7, 11) is 1.37. The zero-order chi connectivity index (χ0) is 21.3. The number of carbonyl (C=O) groups is 2. The number of benzene rings is 2. The fourth-order valence-electron chi connectivity index (χ4n) is 2.84. The number of ether oxygens (including phenoxy) is 2. The van der Waals surface area contributed by atoms with Gasteiger partial charge in [0.05, 0.1) is 13.7 Å². The normalized spacial score (nSPS) is 10.8. The Bertz CT molecular complexity index is 1040. The Morgan fingerprint density at radius 3 is 2.63 bits per heavy atom. The molecule has 0 aliphatic heterocycles. The van der Waals surface area contributed by atoms with E-state index >= 15 is 0 Å². The highest BCUT2D eigenvalue weighted by molar-refractivity contribution is 5.76. The van der Waals surface area contributed by atoms with E-state index in [1.807, 2.05) is 54.6 Å². The average molecular weight is 406 g/mol. The fraction of sp³-hybridized carbons (Fsp3) is 0.174. The van der Waals surface area contributed by atoms with Crippen molar-refractivity contribution in [3.8, 4) is 16.9 Å². The highest BCUT2D eigenvalue weighted by atomic mass is 16.5. The van der Waals surface area contributed by atoms with E-state index in [1.165, 1.54) is 19.5 Å². The van der Waals surface area contributed by atoms with Crippen LogP contribution in [0.4, 0.5) is 4.79 Å². The smallest absolute Gasteiger partial charge is 0.417 e. The molecule has 3 rings (SSSR count). The first-order valence-electron chi connectivity index (χ1n) is 9.41. The SMILES string of the molecule is COC(=O)CCCOc1ccc(-c2cccc(/C=C/c3nccn3C(=O)O)c2)cc1. The Morgan fingerprint density at radius 2 is 1.90 bits per heavy atom. The van der Waals surface area contributed by atoms with Crippen LogP contribution in [-0.2, 0) is 9.53 Å². The van der Waals surface area contributed by atoms with Crippen LogP contribution in [0.2, 0.25) is 0 Å². The summed E-state index contributed by atoms with van der Waals surface area (Å²) < 4.78 is 11.3. The largest absolute Gasteiger partial charge is 0.494 e. The van der Waals surface area contributed by atoms with Crippen molar-refractivity contribution >= 4 is 24.2 Å². The van der Waals surface area contributed by atoms with Crippen LogP contribution < -0.4 is 4.74 Å². The standard InChI is InChI=1S/C23H22N2O5/c1-29-22(26)6-3-15-30-20-10-8-18(9-11-20)19-5-2-4-17(16-19)7-12-21-24-13-14-25(21)23(27)28/h2,4-5,7-14,16H,3,6,15H2,1H3,(H,27,28)/b12-7+. The van der Waals surface area contributed by atoms with Crippen molar-refractivity contribution in [2.24, 2.45) is 0 Å². The van der Waals surface area contributed by atoms with Gasteiger partial charge in [0.2, 0.25) is 0 Å². The number of hydrogen-bond donors (Lipinski definition) is 1. The summed E-state index contributed by atoms with van der Waals surface area (Å²) in [5.74, 6) is 0.844. The third-order valence-corrected chi connectivity index (χ3v) is 4.40. The van der Waals surface area contributed by atoms with Crippen molar-refractivity contribution in [2.45, 2.75) is 12.8 Å². The van der Waals surface area contributed by atoms with Gasteiger partial charge in [0, 0.05) is 18.8 Å². The minimum atomic E-state index is -1.08. The first kappa shape index (κ1) is 20.9. The van der Waals surface area contributed by atoms with Gasteiger partial charge in [-0.05, 0) is 47.4 Å². The average Bonchev–Trinajstić information content (AvgIpc) is 3.25. The number of carbonyl (C=O) groups excluding carboxylic acids is 1. The van der Waals surface area contributed by atoms with E-state index in [4.69, 9.17) is 9.84 Å². The van der Waals surface area contributed by atoms with Gasteiger partial charge in [-0.1, -0.05) is 36.4 Å². The van der Waals surface area contributed by atoms with Crippen molar-refractivity contribution in [3.05, 3.63) is 72.3 Å². The summed E-state index contributed by atoms with van der Waals surface area (Å²) in [4.78, 5) is 26.3. The maximum Gasteiger partial charge on any atom is 0.417 e. The zero-order valence-electron chi connectivity index (χ0n) is 16.5. The van der Waals surface area contributed by atoms with Crippen molar-refractivity contribution in [1.29, 1.82) is 0 Å². The molecule has 0 radical (unpaired) electrons. The van der Waals surface area contributed by atoms with Crippen LogP contribution in [0.25, 0.3) is 23.3 Å². The van der Waals surface area contributed by atoms with Crippen LogP contribution in [0.3, 0.4) is 0 Å². The first-order chi connectivity index (χ1) is 14.6. The summed E-state index contributed by atoms with van der Waals surface area (Å²) >= 11 is 0. The molecule has 2 aromatic carbocycles. The molecule has 1 N–H and O–H groups in total. The minimum absolute atomic E-state index is 0.241. The Hall–Kier alpha value is -3.87. The van der Waals surface area contributed by atoms with Crippen LogP contribution >= 0.6 is 0 Å². The van der Waals surface area contributed by atoms with Gasteiger partial charge in [-0.15, -0.1) is 0 Å². The molecule has 0 saturated carbocycles. The van der Waals surface area contributed by atoms with Gasteiger partial charge in [0.15, 0.2) is 0 Å². The van der Waals surface area contributed by atoms with E-state index in [1.54, 1.807) is 6.08 Å². The Kier molecular flexibility index (Phi) is 7.00. The lowest BCUT2D eigenvalue weighted by Gasteiger charge is -2.08. The summed E-state index contributed by atoms with van der Waals surface area (Å²) in [6.45, 7) is 0.445. The zero-order valence-corrected chi connectivity index (χ0v) is 16.5. The molecule has 3 aromatic rings. The molecule has 0 atom stereocenters. The Labute approximate surface area is 174 Å². The molecule has 1 aromatic heterocycles. The number of hydrogen-bond acceptors (Lipinski definition) is 5. The third-order valence-electron chi connectivity index (χ3n) is 4.40. The lowest BCUT2D eigenvalue weighted by Crippen LogP contribution is -2.08. The summed E-state index contributed by atoms with van der Waals surface area (Å²) in [6, 6.07) is 15.6. The maximum absolute atomic E-state index is 11.1. The van der Waals surface area contributed by atoms with Gasteiger partial charge in [-0.25, -0.2) is 14.3 Å². The second kappa shape index (κ2) is 10.1. The Balaban J connectivity index is 1.64. The second-order valence-corrected chi connectivity index (χ2v) is 6.45. The molecule has 0 aliphatic rings. The highest BCUT2D eigenvalue weighted by Gasteiger charge is 2.06. The number of nitrogens with zero attached hydrogens (tertiary/aromatic N) is 2. The molecule has 154 valence electrons. The van der Waals surface area contributed by atoms with Crippen molar-refractivity contribution in [3.63, 3.8) is 0 Å². The predicted octanol–water partition coefficient (Wildman–Crippen LogP) is 4.58. The molecule has 1 heterocycles. The van der Waals surface area contributed by atoms with E-state index in [0.717, 1.165) is 27.0 Å². The van der Waals surface area contributed by atoms with Gasteiger partial charge in [-0.3, -0.25) is 4.79 Å². The summed E-state index contributed by atoms with van der Waals surface area (Å²) in [5.41, 5.74) is 2.98. The molecule has 0 bridgehead atoms. The van der Waals surface area contributed by atoms with Crippen LogP contribution in [0.15, 0.2) is 60.9 Å². The Morgan fingerprint density at radius 1 is 1.10 bits per heavy atom. The molecule has 30 heavy (non-hydrogen) atoms. The molecule has 7 nitrogen and oxygen atoms in total. The molecule has 0 saturated heterocycles. The second-order valence-electron chi connectivity index (χ2n) is 6.45.